The largest absolute Gasteiger partial charge is 0.368 e. The van der Waals surface area contributed by atoms with Crippen LogP contribution in [-0.2, 0) is 0 Å². The summed E-state index contributed by atoms with van der Waals surface area (Å²) in [5, 5.41) is 17.1. The van der Waals surface area contributed by atoms with Crippen molar-refractivity contribution in [1.82, 2.24) is 0 Å². The van der Waals surface area contributed by atoms with Gasteiger partial charge in [-0.15, -0.1) is 11.8 Å². The first kappa shape index (κ1) is 9.58. The molecule has 0 atom stereocenters. The fraction of sp³-hybridized carbons (Fsp3) is 0.333. The predicted molar refractivity (Wildman–Crippen MR) is 50.0 cm³/mol. The molecular weight excluding hydrogens is 172 g/mol. The average Bonchev–Trinajstić information content (AvgIpc) is 2.05. The third-order valence-corrected chi connectivity index (χ3v) is 2.43. The lowest BCUT2D eigenvalue weighted by Crippen LogP contribution is -2.04. The molecule has 0 aromatic heterocycles. The molecule has 12 heavy (non-hydrogen) atoms. The number of rotatable bonds is 4. The molecule has 0 fully saturated rings. The molecular formula is C9H12O2S. The van der Waals surface area contributed by atoms with Gasteiger partial charge >= 0.3 is 0 Å². The number of aliphatic hydroxyl groups is 2. The average molecular weight is 184 g/mol. The summed E-state index contributed by atoms with van der Waals surface area (Å²) in [5.74, 6) is 0.738. The summed E-state index contributed by atoms with van der Waals surface area (Å²) in [6.07, 6.45) is -0.763. The SMILES string of the molecule is OC(O)CCSc1ccccc1. The van der Waals surface area contributed by atoms with Crippen molar-refractivity contribution in [2.24, 2.45) is 0 Å². The van der Waals surface area contributed by atoms with Crippen LogP contribution in [0.3, 0.4) is 0 Å². The third-order valence-electron chi connectivity index (χ3n) is 1.39. The zero-order valence-electron chi connectivity index (χ0n) is 6.68. The van der Waals surface area contributed by atoms with Gasteiger partial charge in [-0.1, -0.05) is 18.2 Å². The van der Waals surface area contributed by atoms with E-state index in [4.69, 9.17) is 10.2 Å². The van der Waals surface area contributed by atoms with E-state index in [0.717, 1.165) is 10.6 Å². The van der Waals surface area contributed by atoms with Crippen molar-refractivity contribution in [2.75, 3.05) is 5.75 Å². The van der Waals surface area contributed by atoms with Gasteiger partial charge in [0.25, 0.3) is 0 Å². The Balaban J connectivity index is 2.25. The molecule has 0 heterocycles. The van der Waals surface area contributed by atoms with E-state index in [2.05, 4.69) is 0 Å². The molecule has 2 N–H and O–H groups in total. The van der Waals surface area contributed by atoms with Gasteiger partial charge < -0.3 is 10.2 Å². The Morgan fingerprint density at radius 2 is 1.83 bits per heavy atom. The Morgan fingerprint density at radius 3 is 2.42 bits per heavy atom. The molecule has 0 amide bonds. The molecule has 2 nitrogen and oxygen atoms in total. The molecule has 0 spiro atoms. The highest BCUT2D eigenvalue weighted by Gasteiger charge is 1.97. The Bertz CT molecular complexity index is 211. The predicted octanol–water partition coefficient (Wildman–Crippen LogP) is 1.48. The Morgan fingerprint density at radius 1 is 1.17 bits per heavy atom. The van der Waals surface area contributed by atoms with Gasteiger partial charge in [-0.2, -0.15) is 0 Å². The molecule has 0 aliphatic rings. The van der Waals surface area contributed by atoms with Crippen molar-refractivity contribution in [3.63, 3.8) is 0 Å². The number of aliphatic hydroxyl groups excluding tert-OH is 1. The fourth-order valence-electron chi connectivity index (χ4n) is 0.799. The first-order chi connectivity index (χ1) is 5.79. The normalized spacial score (nSPS) is 10.6. The van der Waals surface area contributed by atoms with Crippen LogP contribution in [-0.4, -0.2) is 22.3 Å². The van der Waals surface area contributed by atoms with Gasteiger partial charge in [0.05, 0.1) is 0 Å². The van der Waals surface area contributed by atoms with E-state index < -0.39 is 6.29 Å². The van der Waals surface area contributed by atoms with E-state index in [1.807, 2.05) is 30.3 Å². The van der Waals surface area contributed by atoms with Gasteiger partial charge in [0.2, 0.25) is 0 Å². The van der Waals surface area contributed by atoms with Crippen molar-refractivity contribution in [3.05, 3.63) is 30.3 Å². The second kappa shape index (κ2) is 5.19. The van der Waals surface area contributed by atoms with E-state index >= 15 is 0 Å². The molecule has 0 aliphatic heterocycles. The van der Waals surface area contributed by atoms with Crippen molar-refractivity contribution < 1.29 is 10.2 Å². The Hall–Kier alpha value is -0.510. The van der Waals surface area contributed by atoms with E-state index in [0.29, 0.717) is 6.42 Å². The van der Waals surface area contributed by atoms with Crippen molar-refractivity contribution in [1.29, 1.82) is 0 Å². The number of hydrogen-bond donors (Lipinski definition) is 2. The summed E-state index contributed by atoms with van der Waals surface area (Å²) >= 11 is 1.63. The van der Waals surface area contributed by atoms with E-state index in [1.54, 1.807) is 11.8 Å². The van der Waals surface area contributed by atoms with Crippen LogP contribution in [0.15, 0.2) is 35.2 Å². The van der Waals surface area contributed by atoms with Crippen LogP contribution in [0.5, 0.6) is 0 Å². The minimum atomic E-state index is -1.18. The third kappa shape index (κ3) is 3.76. The van der Waals surface area contributed by atoms with Gasteiger partial charge in [-0.25, -0.2) is 0 Å². The molecule has 0 unspecified atom stereocenters. The Labute approximate surface area is 76.2 Å². The van der Waals surface area contributed by atoms with Crippen molar-refractivity contribution >= 4 is 11.8 Å². The lowest BCUT2D eigenvalue weighted by atomic mass is 10.4. The molecule has 3 heteroatoms. The highest BCUT2D eigenvalue weighted by atomic mass is 32.2. The molecule has 1 rings (SSSR count). The molecule has 0 bridgehead atoms. The molecule has 0 saturated carbocycles. The fourth-order valence-corrected chi connectivity index (χ4v) is 1.71. The van der Waals surface area contributed by atoms with Gasteiger partial charge in [-0.05, 0) is 12.1 Å². The van der Waals surface area contributed by atoms with Crippen LogP contribution in [0.4, 0.5) is 0 Å². The summed E-state index contributed by atoms with van der Waals surface area (Å²) in [7, 11) is 0. The standard InChI is InChI=1S/C9H12O2S/c10-9(11)6-7-12-8-4-2-1-3-5-8/h1-5,9-11H,6-7H2. The zero-order valence-corrected chi connectivity index (χ0v) is 7.50. The molecule has 1 aromatic carbocycles. The molecule has 0 aliphatic carbocycles. The van der Waals surface area contributed by atoms with E-state index in [9.17, 15) is 0 Å². The first-order valence-electron chi connectivity index (χ1n) is 3.83. The zero-order chi connectivity index (χ0) is 8.81. The second-order valence-electron chi connectivity index (χ2n) is 2.43. The maximum Gasteiger partial charge on any atom is 0.152 e. The van der Waals surface area contributed by atoms with E-state index in [-0.39, 0.29) is 0 Å². The number of benzene rings is 1. The highest BCUT2D eigenvalue weighted by Crippen LogP contribution is 2.17. The van der Waals surface area contributed by atoms with Gasteiger partial charge in [-0.3, -0.25) is 0 Å². The molecule has 66 valence electrons. The summed E-state index contributed by atoms with van der Waals surface area (Å²) in [5.41, 5.74) is 0. The summed E-state index contributed by atoms with van der Waals surface area (Å²) in [4.78, 5) is 1.16. The Kier molecular flexibility index (Phi) is 4.14. The quantitative estimate of drug-likeness (QED) is 0.550. The van der Waals surface area contributed by atoms with Crippen LogP contribution in [0.25, 0.3) is 0 Å². The van der Waals surface area contributed by atoms with Crippen molar-refractivity contribution in [2.45, 2.75) is 17.6 Å². The highest BCUT2D eigenvalue weighted by molar-refractivity contribution is 7.99. The first-order valence-corrected chi connectivity index (χ1v) is 4.81. The second-order valence-corrected chi connectivity index (χ2v) is 3.60. The topological polar surface area (TPSA) is 40.5 Å². The number of hydrogen-bond acceptors (Lipinski definition) is 3. The van der Waals surface area contributed by atoms with Crippen molar-refractivity contribution in [3.8, 4) is 0 Å². The van der Waals surface area contributed by atoms with Crippen LogP contribution in [0.1, 0.15) is 6.42 Å². The minimum absolute atomic E-state index is 0.416. The molecule has 0 radical (unpaired) electrons. The smallest absolute Gasteiger partial charge is 0.152 e. The summed E-state index contributed by atoms with van der Waals surface area (Å²) in [6, 6.07) is 9.92. The van der Waals surface area contributed by atoms with Gasteiger partial charge in [0.15, 0.2) is 6.29 Å². The molecule has 0 saturated heterocycles. The van der Waals surface area contributed by atoms with E-state index in [1.165, 1.54) is 0 Å². The summed E-state index contributed by atoms with van der Waals surface area (Å²) in [6.45, 7) is 0. The summed E-state index contributed by atoms with van der Waals surface area (Å²) < 4.78 is 0. The lowest BCUT2D eigenvalue weighted by molar-refractivity contribution is -0.0404. The maximum atomic E-state index is 8.57. The maximum absolute atomic E-state index is 8.57. The van der Waals surface area contributed by atoms with Crippen LogP contribution < -0.4 is 0 Å². The minimum Gasteiger partial charge on any atom is -0.368 e. The van der Waals surface area contributed by atoms with Crippen LogP contribution >= 0.6 is 11.8 Å². The lowest BCUT2D eigenvalue weighted by Gasteiger charge is -2.02. The van der Waals surface area contributed by atoms with Gasteiger partial charge in [0.1, 0.15) is 0 Å². The van der Waals surface area contributed by atoms with Gasteiger partial charge in [0, 0.05) is 17.1 Å². The van der Waals surface area contributed by atoms with Crippen LogP contribution in [0.2, 0.25) is 0 Å². The monoisotopic (exact) mass is 184 g/mol. The number of thioether (sulfide) groups is 1. The van der Waals surface area contributed by atoms with Crippen LogP contribution in [0, 0.1) is 0 Å². The molecule has 1 aromatic rings.